The average Bonchev–Trinajstić information content (AvgIpc) is 3.68. The molecule has 2 heterocycles. The van der Waals surface area contributed by atoms with Crippen molar-refractivity contribution in [2.45, 2.75) is 109 Å². The predicted molar refractivity (Wildman–Crippen MR) is 144 cm³/mol. The Labute approximate surface area is 241 Å². The monoisotopic (exact) mass is 586 g/mol. The molecule has 3 N–H and O–H groups in total. The van der Waals surface area contributed by atoms with Crippen LogP contribution in [-0.2, 0) is 42.9 Å². The van der Waals surface area contributed by atoms with Crippen LogP contribution in [0.1, 0.15) is 72.1 Å². The molecule has 2 fully saturated rings. The molecule has 2 rings (SSSR count). The molecule has 234 valence electrons. The first-order valence-electron chi connectivity index (χ1n) is 14.3. The summed E-state index contributed by atoms with van der Waals surface area (Å²) in [5, 5.41) is 30.8. The molecule has 2 aliphatic rings. The summed E-state index contributed by atoms with van der Waals surface area (Å²) in [4.78, 5) is 47.2. The Hall–Kier alpha value is -2.54. The zero-order valence-corrected chi connectivity index (χ0v) is 24.7. The molecule has 0 aromatic carbocycles. The van der Waals surface area contributed by atoms with Gasteiger partial charge in [-0.15, -0.1) is 0 Å². The van der Waals surface area contributed by atoms with Crippen LogP contribution < -0.4 is 0 Å². The molecule has 9 atom stereocenters. The zero-order valence-electron chi connectivity index (χ0n) is 24.7. The van der Waals surface area contributed by atoms with Crippen molar-refractivity contribution in [3.8, 4) is 0 Å². The van der Waals surface area contributed by atoms with E-state index in [1.54, 1.807) is 13.8 Å². The molecular formula is C29H46O12. The van der Waals surface area contributed by atoms with Gasteiger partial charge in [-0.2, -0.15) is 0 Å². The Kier molecular flexibility index (Phi) is 14.2. The highest BCUT2D eigenvalue weighted by atomic mass is 16.6. The Morgan fingerprint density at radius 3 is 2.15 bits per heavy atom. The van der Waals surface area contributed by atoms with Gasteiger partial charge < -0.3 is 39.0 Å². The van der Waals surface area contributed by atoms with Gasteiger partial charge in [-0.05, 0) is 39.5 Å². The van der Waals surface area contributed by atoms with Crippen LogP contribution in [0.25, 0.3) is 0 Å². The zero-order chi connectivity index (χ0) is 30.7. The molecular weight excluding hydrogens is 540 g/mol. The van der Waals surface area contributed by atoms with Gasteiger partial charge in [0.25, 0.3) is 0 Å². The summed E-state index contributed by atoms with van der Waals surface area (Å²) in [5.74, 6) is -3.53. The van der Waals surface area contributed by atoms with Gasteiger partial charge in [0, 0.05) is 43.1 Å². The van der Waals surface area contributed by atoms with E-state index in [1.165, 1.54) is 14.2 Å². The van der Waals surface area contributed by atoms with Crippen LogP contribution in [0.2, 0.25) is 0 Å². The van der Waals surface area contributed by atoms with Gasteiger partial charge in [0.1, 0.15) is 12.2 Å². The Bertz CT molecular complexity index is 915. The van der Waals surface area contributed by atoms with Crippen LogP contribution in [0, 0.1) is 17.8 Å². The van der Waals surface area contributed by atoms with Crippen molar-refractivity contribution in [3.05, 3.63) is 11.6 Å². The number of esters is 3. The highest BCUT2D eigenvalue weighted by Crippen LogP contribution is 2.40. The van der Waals surface area contributed by atoms with Crippen molar-refractivity contribution in [1.82, 2.24) is 0 Å². The number of aliphatic carboxylic acids is 1. The minimum atomic E-state index is -1.27. The van der Waals surface area contributed by atoms with Crippen LogP contribution in [0.15, 0.2) is 11.6 Å². The molecule has 0 aromatic rings. The lowest BCUT2D eigenvalue weighted by Gasteiger charge is -2.43. The topological polar surface area (TPSA) is 178 Å². The van der Waals surface area contributed by atoms with Gasteiger partial charge in [0.05, 0.1) is 45.2 Å². The van der Waals surface area contributed by atoms with E-state index >= 15 is 0 Å². The molecule has 12 heteroatoms. The maximum absolute atomic E-state index is 12.8. The lowest BCUT2D eigenvalue weighted by Crippen LogP contribution is -2.55. The number of carbonyl (C=O) groups is 4. The van der Waals surface area contributed by atoms with Crippen molar-refractivity contribution in [3.63, 3.8) is 0 Å². The molecule has 0 amide bonds. The summed E-state index contributed by atoms with van der Waals surface area (Å²) in [6, 6.07) is 0. The molecule has 2 aliphatic heterocycles. The van der Waals surface area contributed by atoms with Crippen LogP contribution in [0.5, 0.6) is 0 Å². The van der Waals surface area contributed by atoms with Gasteiger partial charge in [0.2, 0.25) is 0 Å². The maximum Gasteiger partial charge on any atom is 0.328 e. The molecule has 0 saturated carbocycles. The fraction of sp³-hybridized carbons (Fsp3) is 0.793. The highest BCUT2D eigenvalue weighted by Gasteiger charge is 2.51. The molecule has 1 unspecified atom stereocenters. The highest BCUT2D eigenvalue weighted by molar-refractivity contribution is 5.80. The number of carboxylic acids is 1. The number of unbranched alkanes of at least 4 members (excludes halogenated alkanes) is 1. The Balaban J connectivity index is 2.20. The Morgan fingerprint density at radius 1 is 0.951 bits per heavy atom. The third-order valence-corrected chi connectivity index (χ3v) is 8.04. The van der Waals surface area contributed by atoms with E-state index < -0.39 is 54.2 Å². The first kappa shape index (κ1) is 34.7. The molecule has 2 saturated heterocycles. The number of epoxide rings is 1. The molecule has 0 aromatic heterocycles. The lowest BCUT2D eigenvalue weighted by molar-refractivity contribution is -0.201. The molecule has 0 aliphatic carbocycles. The second-order valence-corrected chi connectivity index (χ2v) is 11.1. The number of rotatable bonds is 17. The number of ether oxygens (including phenoxy) is 5. The largest absolute Gasteiger partial charge is 0.478 e. The van der Waals surface area contributed by atoms with Crippen LogP contribution in [-0.4, -0.2) is 96.6 Å². The van der Waals surface area contributed by atoms with Gasteiger partial charge in [-0.25, -0.2) is 4.79 Å². The average molecular weight is 587 g/mol. The SMILES string of the molecule is COC(=O)CCCCC(C(C)=CC(=O)O)[C@@H]1OC[C@H](C[C@@H]2O[C@H]2[C@@H](C)[C@H](C)O)[C@@H](OC(=O)CCCC(=O)OC)[C@@H]1O. The number of carbonyl (C=O) groups excluding carboxylic acids is 3. The normalized spacial score (nSPS) is 28.2. The van der Waals surface area contributed by atoms with Crippen molar-refractivity contribution in [2.75, 3.05) is 20.8 Å². The van der Waals surface area contributed by atoms with Crippen LogP contribution in [0.4, 0.5) is 0 Å². The number of aliphatic hydroxyl groups is 2. The number of methoxy groups -OCH3 is 2. The number of aliphatic hydroxyl groups excluding tert-OH is 2. The molecule has 41 heavy (non-hydrogen) atoms. The lowest BCUT2D eigenvalue weighted by atomic mass is 9.79. The van der Waals surface area contributed by atoms with Gasteiger partial charge in [-0.3, -0.25) is 14.4 Å². The quantitative estimate of drug-likeness (QED) is 0.0745. The molecule has 0 spiro atoms. The standard InChI is InChI=1S/C29H46O12/c1-16(13-22(31)32)20(9-6-7-10-23(33)37-4)29-26(36)28(41-25(35)12-8-11-24(34)38-5)19(15-39-29)14-21-27(40-21)17(2)18(3)30/h13,17-21,26-30,36H,6-12,14-15H2,1-5H3,(H,31,32)/t17-,18-,19-,20?,21-,26-,27-,28+,29-/m0/s1. The minimum absolute atomic E-state index is 0.0485. The van der Waals surface area contributed by atoms with Crippen molar-refractivity contribution in [1.29, 1.82) is 0 Å². The number of hydrogen-bond acceptors (Lipinski definition) is 11. The van der Waals surface area contributed by atoms with E-state index in [1.807, 2.05) is 6.92 Å². The van der Waals surface area contributed by atoms with E-state index in [0.29, 0.717) is 31.3 Å². The van der Waals surface area contributed by atoms with E-state index in [2.05, 4.69) is 9.47 Å². The van der Waals surface area contributed by atoms with Crippen molar-refractivity contribution in [2.24, 2.45) is 17.8 Å². The summed E-state index contributed by atoms with van der Waals surface area (Å²) in [6.45, 7) is 5.36. The third kappa shape index (κ3) is 11.0. The van der Waals surface area contributed by atoms with Gasteiger partial charge >= 0.3 is 23.9 Å². The van der Waals surface area contributed by atoms with E-state index in [4.69, 9.17) is 14.2 Å². The second kappa shape index (κ2) is 16.8. The fourth-order valence-electron chi connectivity index (χ4n) is 5.38. The summed E-state index contributed by atoms with van der Waals surface area (Å²) in [5.41, 5.74) is 0.484. The van der Waals surface area contributed by atoms with Gasteiger partial charge in [-0.1, -0.05) is 18.9 Å². The molecule has 0 radical (unpaired) electrons. The third-order valence-electron chi connectivity index (χ3n) is 8.04. The predicted octanol–water partition coefficient (Wildman–Crippen LogP) is 2.17. The van der Waals surface area contributed by atoms with E-state index in [0.717, 1.165) is 6.08 Å². The number of carboxylic acid groups (broad SMARTS) is 1. The smallest absolute Gasteiger partial charge is 0.328 e. The summed E-state index contributed by atoms with van der Waals surface area (Å²) in [7, 11) is 2.58. The number of hydrogen-bond donors (Lipinski definition) is 3. The van der Waals surface area contributed by atoms with Crippen molar-refractivity contribution >= 4 is 23.9 Å². The molecule has 12 nitrogen and oxygen atoms in total. The van der Waals surface area contributed by atoms with Gasteiger partial charge in [0.15, 0.2) is 0 Å². The summed E-state index contributed by atoms with van der Waals surface area (Å²) in [6.07, 6.45) is -0.583. The van der Waals surface area contributed by atoms with Crippen molar-refractivity contribution < 1.29 is 58.2 Å². The second-order valence-electron chi connectivity index (χ2n) is 11.1. The summed E-state index contributed by atoms with van der Waals surface area (Å²) < 4.78 is 27.0. The fourth-order valence-corrected chi connectivity index (χ4v) is 5.38. The van der Waals surface area contributed by atoms with E-state index in [9.17, 15) is 34.5 Å². The first-order chi connectivity index (χ1) is 19.4. The van der Waals surface area contributed by atoms with Crippen LogP contribution >= 0.6 is 0 Å². The maximum atomic E-state index is 12.8. The molecule has 0 bridgehead atoms. The Morgan fingerprint density at radius 2 is 1.56 bits per heavy atom. The first-order valence-corrected chi connectivity index (χ1v) is 14.3. The minimum Gasteiger partial charge on any atom is -0.478 e. The summed E-state index contributed by atoms with van der Waals surface area (Å²) >= 11 is 0. The van der Waals surface area contributed by atoms with E-state index in [-0.39, 0.29) is 56.4 Å². The van der Waals surface area contributed by atoms with Crippen LogP contribution in [0.3, 0.4) is 0 Å².